The van der Waals surface area contributed by atoms with Crippen LogP contribution in [0, 0.1) is 5.82 Å². The van der Waals surface area contributed by atoms with E-state index in [-0.39, 0.29) is 11.4 Å². The summed E-state index contributed by atoms with van der Waals surface area (Å²) < 4.78 is 24.0. The lowest BCUT2D eigenvalue weighted by molar-refractivity contribution is 0.382. The Labute approximate surface area is 118 Å². The fraction of sp³-hybridized carbons (Fsp3) is 0.250. The molecule has 0 aliphatic rings. The zero-order valence-electron chi connectivity index (χ0n) is 11.7. The molecule has 0 fully saturated rings. The smallest absolute Gasteiger partial charge is 0.167 e. The molecule has 2 rings (SSSR count). The van der Waals surface area contributed by atoms with E-state index in [4.69, 9.17) is 15.2 Å². The van der Waals surface area contributed by atoms with Crippen LogP contribution in [0.4, 0.5) is 10.1 Å². The highest BCUT2D eigenvalue weighted by Crippen LogP contribution is 2.33. The Morgan fingerprint density at radius 1 is 1.10 bits per heavy atom. The molecule has 106 valence electrons. The highest BCUT2D eigenvalue weighted by atomic mass is 19.1. The third-order valence-corrected chi connectivity index (χ3v) is 2.97. The molecule has 0 aliphatic heterocycles. The van der Waals surface area contributed by atoms with Crippen LogP contribution in [0.2, 0.25) is 0 Å². The average Bonchev–Trinajstić information content (AvgIpc) is 2.44. The monoisotopic (exact) mass is 275 g/mol. The van der Waals surface area contributed by atoms with Gasteiger partial charge in [-0.1, -0.05) is 25.5 Å². The summed E-state index contributed by atoms with van der Waals surface area (Å²) in [5, 5.41) is 0. The van der Waals surface area contributed by atoms with Gasteiger partial charge in [0.2, 0.25) is 0 Å². The molecule has 0 saturated heterocycles. The number of benzene rings is 2. The molecule has 0 saturated carbocycles. The summed E-state index contributed by atoms with van der Waals surface area (Å²) in [5.74, 6) is 0.643. The molecule has 0 atom stereocenters. The van der Waals surface area contributed by atoms with Gasteiger partial charge in [-0.15, -0.1) is 0 Å². The molecule has 0 unspecified atom stereocenters. The normalized spacial score (nSPS) is 10.3. The highest BCUT2D eigenvalue weighted by Gasteiger charge is 2.10. The molecule has 20 heavy (non-hydrogen) atoms. The van der Waals surface area contributed by atoms with Gasteiger partial charge in [-0.05, 0) is 24.1 Å². The van der Waals surface area contributed by atoms with E-state index >= 15 is 0 Å². The highest BCUT2D eigenvalue weighted by molar-refractivity contribution is 5.57. The SMILES string of the molecule is CCCc1ccc(Oc2cc(OC)c(F)cc2N)cc1. The van der Waals surface area contributed by atoms with Crippen LogP contribution < -0.4 is 15.2 Å². The van der Waals surface area contributed by atoms with Gasteiger partial charge < -0.3 is 15.2 Å². The van der Waals surface area contributed by atoms with Crippen LogP contribution in [0.3, 0.4) is 0 Å². The van der Waals surface area contributed by atoms with Crippen LogP contribution >= 0.6 is 0 Å². The van der Waals surface area contributed by atoms with E-state index in [9.17, 15) is 4.39 Å². The summed E-state index contributed by atoms with van der Waals surface area (Å²) >= 11 is 0. The number of nitrogen functional groups attached to an aromatic ring is 1. The number of aryl methyl sites for hydroxylation is 1. The minimum Gasteiger partial charge on any atom is -0.494 e. The molecule has 2 aromatic carbocycles. The first-order valence-electron chi connectivity index (χ1n) is 6.54. The standard InChI is InChI=1S/C16H18FNO2/c1-3-4-11-5-7-12(8-6-11)20-16-10-15(19-2)13(17)9-14(16)18/h5-10H,3-4,18H2,1-2H3. The number of methoxy groups -OCH3 is 1. The summed E-state index contributed by atoms with van der Waals surface area (Å²) in [5.41, 5.74) is 7.24. The second kappa shape index (κ2) is 6.28. The van der Waals surface area contributed by atoms with Gasteiger partial charge in [-0.3, -0.25) is 0 Å². The molecule has 0 aromatic heterocycles. The summed E-state index contributed by atoms with van der Waals surface area (Å²) in [7, 11) is 1.40. The fourth-order valence-corrected chi connectivity index (χ4v) is 1.93. The fourth-order valence-electron chi connectivity index (χ4n) is 1.93. The second-order valence-electron chi connectivity index (χ2n) is 4.52. The summed E-state index contributed by atoms with van der Waals surface area (Å²) in [6.07, 6.45) is 2.13. The molecule has 0 aliphatic carbocycles. The maximum Gasteiger partial charge on any atom is 0.167 e. The van der Waals surface area contributed by atoms with E-state index < -0.39 is 5.82 Å². The lowest BCUT2D eigenvalue weighted by Gasteiger charge is -2.11. The lowest BCUT2D eigenvalue weighted by atomic mass is 10.1. The van der Waals surface area contributed by atoms with Crippen LogP contribution in [0.1, 0.15) is 18.9 Å². The Morgan fingerprint density at radius 2 is 1.80 bits per heavy atom. The van der Waals surface area contributed by atoms with Crippen LogP contribution in [0.25, 0.3) is 0 Å². The quantitative estimate of drug-likeness (QED) is 0.833. The third kappa shape index (κ3) is 3.20. The van der Waals surface area contributed by atoms with Crippen molar-refractivity contribution in [2.75, 3.05) is 12.8 Å². The molecular weight excluding hydrogens is 257 g/mol. The Morgan fingerprint density at radius 3 is 2.40 bits per heavy atom. The van der Waals surface area contributed by atoms with Crippen molar-refractivity contribution in [2.45, 2.75) is 19.8 Å². The van der Waals surface area contributed by atoms with Gasteiger partial charge in [-0.2, -0.15) is 0 Å². The van der Waals surface area contributed by atoms with Crippen molar-refractivity contribution in [3.8, 4) is 17.2 Å². The van der Waals surface area contributed by atoms with Gasteiger partial charge in [0.15, 0.2) is 17.3 Å². The molecule has 4 heteroatoms. The average molecular weight is 275 g/mol. The maximum atomic E-state index is 13.4. The van der Waals surface area contributed by atoms with E-state index in [1.54, 1.807) is 0 Å². The van der Waals surface area contributed by atoms with E-state index in [2.05, 4.69) is 6.92 Å². The Hall–Kier alpha value is -2.23. The lowest BCUT2D eigenvalue weighted by Crippen LogP contribution is -1.96. The van der Waals surface area contributed by atoms with Gasteiger partial charge in [0, 0.05) is 12.1 Å². The van der Waals surface area contributed by atoms with Gasteiger partial charge in [0.1, 0.15) is 5.75 Å². The van der Waals surface area contributed by atoms with E-state index in [0.29, 0.717) is 11.5 Å². The molecule has 0 amide bonds. The first-order chi connectivity index (χ1) is 9.63. The molecule has 0 bridgehead atoms. The molecule has 2 N–H and O–H groups in total. The minimum atomic E-state index is -0.504. The van der Waals surface area contributed by atoms with E-state index in [1.807, 2.05) is 24.3 Å². The van der Waals surface area contributed by atoms with Gasteiger partial charge in [0.25, 0.3) is 0 Å². The molecule has 0 radical (unpaired) electrons. The Bertz CT molecular complexity index is 582. The molecule has 2 aromatic rings. The topological polar surface area (TPSA) is 44.5 Å². The Balaban J connectivity index is 2.21. The molecule has 0 heterocycles. The van der Waals surface area contributed by atoms with Crippen molar-refractivity contribution in [3.63, 3.8) is 0 Å². The second-order valence-corrected chi connectivity index (χ2v) is 4.52. The number of ether oxygens (including phenoxy) is 2. The van der Waals surface area contributed by atoms with Crippen molar-refractivity contribution < 1.29 is 13.9 Å². The van der Waals surface area contributed by atoms with Gasteiger partial charge in [0.05, 0.1) is 12.8 Å². The number of nitrogens with two attached hydrogens (primary N) is 1. The number of hydrogen-bond acceptors (Lipinski definition) is 3. The Kier molecular flexibility index (Phi) is 4.45. The number of anilines is 1. The van der Waals surface area contributed by atoms with Crippen LogP contribution in [-0.4, -0.2) is 7.11 Å². The van der Waals surface area contributed by atoms with Crippen molar-refractivity contribution in [2.24, 2.45) is 0 Å². The van der Waals surface area contributed by atoms with Crippen molar-refractivity contribution in [3.05, 3.63) is 47.8 Å². The van der Waals surface area contributed by atoms with E-state index in [1.165, 1.54) is 24.8 Å². The summed E-state index contributed by atoms with van der Waals surface area (Å²) in [6.45, 7) is 2.13. The number of rotatable bonds is 5. The predicted octanol–water partition coefficient (Wildman–Crippen LogP) is 4.16. The van der Waals surface area contributed by atoms with Gasteiger partial charge >= 0.3 is 0 Å². The first kappa shape index (κ1) is 14.2. The molecular formula is C16H18FNO2. The summed E-state index contributed by atoms with van der Waals surface area (Å²) in [4.78, 5) is 0. The minimum absolute atomic E-state index is 0.108. The van der Waals surface area contributed by atoms with Gasteiger partial charge in [-0.25, -0.2) is 4.39 Å². The van der Waals surface area contributed by atoms with Crippen molar-refractivity contribution in [1.29, 1.82) is 0 Å². The van der Waals surface area contributed by atoms with Crippen molar-refractivity contribution >= 4 is 5.69 Å². The molecule has 0 spiro atoms. The summed E-state index contributed by atoms with van der Waals surface area (Å²) in [6, 6.07) is 10.4. The van der Waals surface area contributed by atoms with E-state index in [0.717, 1.165) is 12.8 Å². The predicted molar refractivity (Wildman–Crippen MR) is 77.9 cm³/mol. The van der Waals surface area contributed by atoms with Crippen LogP contribution in [0.15, 0.2) is 36.4 Å². The van der Waals surface area contributed by atoms with Crippen molar-refractivity contribution in [1.82, 2.24) is 0 Å². The van der Waals surface area contributed by atoms with Crippen LogP contribution in [0.5, 0.6) is 17.2 Å². The number of halogens is 1. The zero-order valence-corrected chi connectivity index (χ0v) is 11.7. The third-order valence-electron chi connectivity index (χ3n) is 2.97. The van der Waals surface area contributed by atoms with Crippen LogP contribution in [-0.2, 0) is 6.42 Å². The maximum absolute atomic E-state index is 13.4. The largest absolute Gasteiger partial charge is 0.494 e. The number of hydrogen-bond donors (Lipinski definition) is 1. The first-order valence-corrected chi connectivity index (χ1v) is 6.54. The zero-order chi connectivity index (χ0) is 14.5. The molecule has 3 nitrogen and oxygen atoms in total.